The van der Waals surface area contributed by atoms with E-state index in [1.165, 1.54) is 11.1 Å². The molecule has 0 spiro atoms. The van der Waals surface area contributed by atoms with Crippen molar-refractivity contribution in [1.29, 1.82) is 0 Å². The predicted octanol–water partition coefficient (Wildman–Crippen LogP) is 4.43. The number of rotatable bonds is 11. The van der Waals surface area contributed by atoms with Gasteiger partial charge in [-0.3, -0.25) is 0 Å². The number of aliphatic hydroxyl groups is 2. The van der Waals surface area contributed by atoms with E-state index in [1.807, 2.05) is 6.07 Å². The summed E-state index contributed by atoms with van der Waals surface area (Å²) in [6.07, 6.45) is 4.87. The Hall–Kier alpha value is -2.37. The highest BCUT2D eigenvalue weighted by molar-refractivity contribution is 5.68. The third-order valence-corrected chi connectivity index (χ3v) is 5.31. The van der Waals surface area contributed by atoms with Crippen LogP contribution in [0.4, 0.5) is 4.79 Å². The van der Waals surface area contributed by atoms with Crippen LogP contribution >= 0.6 is 0 Å². The van der Waals surface area contributed by atoms with Gasteiger partial charge >= 0.3 is 6.09 Å². The van der Waals surface area contributed by atoms with Crippen LogP contribution < -0.4 is 5.32 Å². The highest BCUT2D eigenvalue weighted by atomic mass is 16.6. The lowest BCUT2D eigenvalue weighted by Crippen LogP contribution is -2.55. The van der Waals surface area contributed by atoms with Gasteiger partial charge in [0.1, 0.15) is 5.60 Å². The van der Waals surface area contributed by atoms with Crippen molar-refractivity contribution in [3.63, 3.8) is 0 Å². The van der Waals surface area contributed by atoms with Crippen molar-refractivity contribution in [1.82, 2.24) is 5.32 Å². The largest absolute Gasteiger partial charge is 0.444 e. The summed E-state index contributed by atoms with van der Waals surface area (Å²) in [5.41, 5.74) is 2.04. The number of aryl methyl sites for hydroxylation is 3. The minimum absolute atomic E-state index is 0.359. The van der Waals surface area contributed by atoms with E-state index < -0.39 is 17.2 Å². The third kappa shape index (κ3) is 9.11. The van der Waals surface area contributed by atoms with E-state index in [9.17, 15) is 15.0 Å². The average molecular weight is 428 g/mol. The zero-order valence-corrected chi connectivity index (χ0v) is 19.1. The molecule has 0 heterocycles. The molecular formula is C26H37NO4. The molecule has 0 aromatic heterocycles. The molecule has 1 amide bonds. The van der Waals surface area contributed by atoms with Crippen molar-refractivity contribution >= 4 is 6.09 Å². The Morgan fingerprint density at radius 2 is 1.29 bits per heavy atom. The molecule has 2 aromatic carbocycles. The monoisotopic (exact) mass is 427 g/mol. The van der Waals surface area contributed by atoms with Gasteiger partial charge < -0.3 is 20.3 Å². The second kappa shape index (κ2) is 11.9. The molecule has 0 radical (unpaired) electrons. The molecule has 0 fully saturated rings. The summed E-state index contributed by atoms with van der Waals surface area (Å²) < 4.78 is 5.27. The molecule has 0 bridgehead atoms. The van der Waals surface area contributed by atoms with Gasteiger partial charge in [0, 0.05) is 0 Å². The highest BCUT2D eigenvalue weighted by Gasteiger charge is 2.32. The SMILES string of the molecule is CC(C)(C)OC(=O)NC(CO)(CO)CCc1ccc(CCCCc2ccccc2)cc1. The number of hydrogen-bond acceptors (Lipinski definition) is 4. The second-order valence-corrected chi connectivity index (χ2v) is 9.23. The number of alkyl carbamates (subject to hydrolysis) is 1. The van der Waals surface area contributed by atoms with Gasteiger partial charge in [0.25, 0.3) is 0 Å². The normalized spacial score (nSPS) is 11.9. The zero-order valence-electron chi connectivity index (χ0n) is 19.1. The number of amides is 1. The topological polar surface area (TPSA) is 78.8 Å². The van der Waals surface area contributed by atoms with Gasteiger partial charge in [0.2, 0.25) is 0 Å². The van der Waals surface area contributed by atoms with Gasteiger partial charge in [-0.1, -0.05) is 54.6 Å². The molecule has 170 valence electrons. The summed E-state index contributed by atoms with van der Waals surface area (Å²) in [6, 6.07) is 19.0. The average Bonchev–Trinajstić information content (AvgIpc) is 2.74. The Morgan fingerprint density at radius 3 is 1.77 bits per heavy atom. The molecule has 2 rings (SSSR count). The van der Waals surface area contributed by atoms with Gasteiger partial charge in [0.15, 0.2) is 0 Å². The molecule has 0 atom stereocenters. The van der Waals surface area contributed by atoms with Crippen molar-refractivity contribution in [3.05, 3.63) is 71.3 Å². The summed E-state index contributed by atoms with van der Waals surface area (Å²) in [6.45, 7) is 4.60. The van der Waals surface area contributed by atoms with Crippen molar-refractivity contribution in [3.8, 4) is 0 Å². The summed E-state index contributed by atoms with van der Waals surface area (Å²) in [7, 11) is 0. The molecule has 5 heteroatoms. The number of hydrogen-bond donors (Lipinski definition) is 3. The Balaban J connectivity index is 1.81. The molecule has 5 nitrogen and oxygen atoms in total. The molecule has 0 unspecified atom stereocenters. The number of carbonyl (C=O) groups is 1. The summed E-state index contributed by atoms with van der Waals surface area (Å²) in [5.74, 6) is 0. The van der Waals surface area contributed by atoms with Crippen LogP contribution in [-0.4, -0.2) is 40.7 Å². The molecule has 0 aliphatic carbocycles. The first-order valence-electron chi connectivity index (χ1n) is 11.1. The first-order chi connectivity index (χ1) is 14.8. The predicted molar refractivity (Wildman–Crippen MR) is 124 cm³/mol. The molecule has 31 heavy (non-hydrogen) atoms. The van der Waals surface area contributed by atoms with E-state index in [4.69, 9.17) is 4.74 Å². The Bertz CT molecular complexity index is 777. The van der Waals surface area contributed by atoms with Crippen LogP contribution in [0.25, 0.3) is 0 Å². The molecule has 3 N–H and O–H groups in total. The van der Waals surface area contributed by atoms with Gasteiger partial charge in [-0.15, -0.1) is 0 Å². The van der Waals surface area contributed by atoms with Crippen molar-refractivity contribution < 1.29 is 19.7 Å². The number of nitrogens with one attached hydrogen (secondary N) is 1. The van der Waals surface area contributed by atoms with Crippen LogP contribution in [0.3, 0.4) is 0 Å². The van der Waals surface area contributed by atoms with E-state index in [-0.39, 0.29) is 13.2 Å². The maximum atomic E-state index is 12.1. The number of benzene rings is 2. The third-order valence-electron chi connectivity index (χ3n) is 5.31. The minimum Gasteiger partial charge on any atom is -0.444 e. The van der Waals surface area contributed by atoms with E-state index in [0.29, 0.717) is 12.8 Å². The van der Waals surface area contributed by atoms with Crippen molar-refractivity contribution in [2.24, 2.45) is 0 Å². The summed E-state index contributed by atoms with van der Waals surface area (Å²) >= 11 is 0. The van der Waals surface area contributed by atoms with E-state index >= 15 is 0 Å². The number of aliphatic hydroxyl groups excluding tert-OH is 2. The molecule has 0 saturated carbocycles. The summed E-state index contributed by atoms with van der Waals surface area (Å²) in [5, 5.41) is 22.3. The Kier molecular flexibility index (Phi) is 9.53. The van der Waals surface area contributed by atoms with Crippen LogP contribution in [-0.2, 0) is 24.0 Å². The lowest BCUT2D eigenvalue weighted by molar-refractivity contribution is 0.0276. The highest BCUT2D eigenvalue weighted by Crippen LogP contribution is 2.17. The van der Waals surface area contributed by atoms with Crippen LogP contribution in [0.5, 0.6) is 0 Å². The fourth-order valence-electron chi connectivity index (χ4n) is 3.43. The molecule has 0 aliphatic rings. The van der Waals surface area contributed by atoms with Crippen LogP contribution in [0, 0.1) is 0 Å². The molecule has 2 aromatic rings. The zero-order chi connectivity index (χ0) is 22.7. The van der Waals surface area contributed by atoms with Crippen LogP contribution in [0.2, 0.25) is 0 Å². The lowest BCUT2D eigenvalue weighted by Gasteiger charge is -2.32. The first-order valence-corrected chi connectivity index (χ1v) is 11.1. The van der Waals surface area contributed by atoms with E-state index in [0.717, 1.165) is 31.2 Å². The Labute approximate surface area is 186 Å². The van der Waals surface area contributed by atoms with Crippen LogP contribution in [0.1, 0.15) is 56.7 Å². The quantitative estimate of drug-likeness (QED) is 0.464. The number of carbonyl (C=O) groups excluding carboxylic acids is 1. The second-order valence-electron chi connectivity index (χ2n) is 9.23. The Morgan fingerprint density at radius 1 is 0.806 bits per heavy atom. The minimum atomic E-state index is -1.11. The fraction of sp³-hybridized carbons (Fsp3) is 0.500. The van der Waals surface area contributed by atoms with Crippen molar-refractivity contribution in [2.45, 2.75) is 70.4 Å². The van der Waals surface area contributed by atoms with Crippen molar-refractivity contribution in [2.75, 3.05) is 13.2 Å². The molecule has 0 aliphatic heterocycles. The maximum Gasteiger partial charge on any atom is 0.408 e. The summed E-state index contributed by atoms with van der Waals surface area (Å²) in [4.78, 5) is 12.1. The van der Waals surface area contributed by atoms with Crippen LogP contribution in [0.15, 0.2) is 54.6 Å². The van der Waals surface area contributed by atoms with Gasteiger partial charge in [-0.25, -0.2) is 4.79 Å². The smallest absolute Gasteiger partial charge is 0.408 e. The van der Waals surface area contributed by atoms with E-state index in [1.54, 1.807) is 20.8 Å². The number of ether oxygens (including phenoxy) is 1. The maximum absolute atomic E-state index is 12.1. The molecular weight excluding hydrogens is 390 g/mol. The first kappa shape index (κ1) is 24.9. The standard InChI is InChI=1S/C26H37NO4/c1-25(2,3)31-24(30)27-26(19-28,20-29)18-17-23-15-13-22(14-16-23)12-8-7-11-21-9-5-4-6-10-21/h4-6,9-10,13-16,28-29H,7-8,11-12,17-20H2,1-3H3,(H,27,30). The van der Waals surface area contributed by atoms with Gasteiger partial charge in [-0.2, -0.15) is 0 Å². The van der Waals surface area contributed by atoms with Gasteiger partial charge in [-0.05, 0) is 76.0 Å². The molecule has 0 saturated heterocycles. The number of unbranched alkanes of at least 4 members (excludes halogenated alkanes) is 1. The fourth-order valence-corrected chi connectivity index (χ4v) is 3.43. The lowest BCUT2D eigenvalue weighted by atomic mass is 9.92. The van der Waals surface area contributed by atoms with Gasteiger partial charge in [0.05, 0.1) is 18.8 Å². The van der Waals surface area contributed by atoms with E-state index in [2.05, 4.69) is 53.8 Å².